The maximum absolute atomic E-state index is 12.2. The number of benzene rings is 1. The largest absolute Gasteiger partial charge is 0.339 e. The first-order valence-electron chi connectivity index (χ1n) is 6.94. The first-order valence-corrected chi connectivity index (χ1v) is 6.94. The van der Waals surface area contributed by atoms with Gasteiger partial charge in [0.05, 0.1) is 12.0 Å². The van der Waals surface area contributed by atoms with Gasteiger partial charge in [-0.1, -0.05) is 37.6 Å². The Morgan fingerprint density at radius 1 is 1.37 bits per heavy atom. The minimum atomic E-state index is -0.183. The number of nitrogens with two attached hydrogens (primary N) is 1. The fourth-order valence-corrected chi connectivity index (χ4v) is 2.47. The summed E-state index contributed by atoms with van der Waals surface area (Å²) in [4.78, 5) is 14.1. The molecule has 1 saturated heterocycles. The van der Waals surface area contributed by atoms with Gasteiger partial charge >= 0.3 is 0 Å². The second-order valence-electron chi connectivity index (χ2n) is 6.24. The summed E-state index contributed by atoms with van der Waals surface area (Å²) >= 11 is 0. The summed E-state index contributed by atoms with van der Waals surface area (Å²) in [5, 5.41) is 0. The van der Waals surface area contributed by atoms with Gasteiger partial charge in [0.1, 0.15) is 0 Å². The Balaban J connectivity index is 1.98. The zero-order valence-electron chi connectivity index (χ0n) is 12.4. The van der Waals surface area contributed by atoms with Gasteiger partial charge in [-0.15, -0.1) is 0 Å². The summed E-state index contributed by atoms with van der Waals surface area (Å²) in [5.41, 5.74) is 9.56. The third-order valence-corrected chi connectivity index (χ3v) is 4.32. The highest BCUT2D eigenvalue weighted by Crippen LogP contribution is 2.27. The average molecular weight is 260 g/mol. The van der Waals surface area contributed by atoms with Crippen LogP contribution in [0.4, 0.5) is 0 Å². The quantitative estimate of drug-likeness (QED) is 0.904. The molecule has 1 fully saturated rings. The minimum Gasteiger partial charge on any atom is -0.339 e. The fourth-order valence-electron chi connectivity index (χ4n) is 2.47. The molecule has 1 heterocycles. The normalized spacial score (nSPS) is 17.5. The second kappa shape index (κ2) is 4.97. The summed E-state index contributed by atoms with van der Waals surface area (Å²) in [6, 6.07) is 6.26. The molecular weight excluding hydrogens is 236 g/mol. The van der Waals surface area contributed by atoms with Crippen LogP contribution in [0.25, 0.3) is 0 Å². The molecule has 0 atom stereocenters. The molecule has 19 heavy (non-hydrogen) atoms. The van der Waals surface area contributed by atoms with Crippen LogP contribution in [-0.4, -0.2) is 29.4 Å². The van der Waals surface area contributed by atoms with E-state index in [2.05, 4.69) is 45.9 Å². The summed E-state index contributed by atoms with van der Waals surface area (Å²) in [6.07, 6.45) is 0.488. The van der Waals surface area contributed by atoms with Gasteiger partial charge in [-0.25, -0.2) is 0 Å². The molecule has 0 aliphatic carbocycles. The van der Waals surface area contributed by atoms with E-state index >= 15 is 0 Å². The second-order valence-corrected chi connectivity index (χ2v) is 6.24. The zero-order valence-corrected chi connectivity index (χ0v) is 12.4. The van der Waals surface area contributed by atoms with E-state index in [0.717, 1.165) is 5.56 Å². The van der Waals surface area contributed by atoms with E-state index in [1.54, 1.807) is 0 Å². The lowest BCUT2D eigenvalue weighted by molar-refractivity contribution is -0.139. The van der Waals surface area contributed by atoms with E-state index in [4.69, 9.17) is 5.73 Å². The molecule has 1 aliphatic heterocycles. The van der Waals surface area contributed by atoms with Crippen LogP contribution >= 0.6 is 0 Å². The number of rotatable bonds is 3. The van der Waals surface area contributed by atoms with Crippen molar-refractivity contribution in [2.24, 2.45) is 11.7 Å². The first kappa shape index (κ1) is 14.1. The van der Waals surface area contributed by atoms with Crippen LogP contribution in [-0.2, 0) is 11.2 Å². The predicted octanol–water partition coefficient (Wildman–Crippen LogP) is 2.04. The van der Waals surface area contributed by atoms with Gasteiger partial charge in [0, 0.05) is 13.1 Å². The lowest BCUT2D eigenvalue weighted by Gasteiger charge is -2.50. The molecule has 0 aromatic heterocycles. The van der Waals surface area contributed by atoms with Crippen LogP contribution in [0.3, 0.4) is 0 Å². The van der Waals surface area contributed by atoms with Crippen molar-refractivity contribution in [3.8, 4) is 0 Å². The van der Waals surface area contributed by atoms with Crippen LogP contribution < -0.4 is 5.73 Å². The van der Waals surface area contributed by atoms with E-state index in [-0.39, 0.29) is 11.4 Å². The van der Waals surface area contributed by atoms with E-state index in [9.17, 15) is 4.79 Å². The smallest absolute Gasteiger partial charge is 0.227 e. The van der Waals surface area contributed by atoms with Gasteiger partial charge in [-0.2, -0.15) is 0 Å². The number of nitrogens with zero attached hydrogens (tertiary/aromatic N) is 1. The highest BCUT2D eigenvalue weighted by Gasteiger charge is 2.43. The lowest BCUT2D eigenvalue weighted by atomic mass is 9.80. The molecule has 104 valence electrons. The van der Waals surface area contributed by atoms with Crippen LogP contribution in [0.1, 0.15) is 30.5 Å². The van der Waals surface area contributed by atoms with E-state index in [1.165, 1.54) is 11.1 Å². The topological polar surface area (TPSA) is 46.3 Å². The van der Waals surface area contributed by atoms with Crippen molar-refractivity contribution < 1.29 is 4.79 Å². The van der Waals surface area contributed by atoms with Crippen molar-refractivity contribution in [3.63, 3.8) is 0 Å². The van der Waals surface area contributed by atoms with Crippen LogP contribution in [0.5, 0.6) is 0 Å². The summed E-state index contributed by atoms with van der Waals surface area (Å²) in [6.45, 7) is 9.72. The summed E-state index contributed by atoms with van der Waals surface area (Å²) in [7, 11) is 0. The number of amides is 1. The molecule has 1 aliphatic rings. The highest BCUT2D eigenvalue weighted by molar-refractivity contribution is 5.80. The maximum Gasteiger partial charge on any atom is 0.227 e. The van der Waals surface area contributed by atoms with E-state index in [0.29, 0.717) is 25.4 Å². The monoisotopic (exact) mass is 260 g/mol. The van der Waals surface area contributed by atoms with Gasteiger partial charge in [0.2, 0.25) is 5.91 Å². The average Bonchev–Trinajstić information content (AvgIpc) is 2.29. The molecular formula is C16H24N2O. The predicted molar refractivity (Wildman–Crippen MR) is 78.0 cm³/mol. The van der Waals surface area contributed by atoms with Crippen molar-refractivity contribution >= 4 is 5.91 Å². The molecule has 0 radical (unpaired) electrons. The number of aryl methyl sites for hydroxylation is 2. The molecule has 3 heteroatoms. The van der Waals surface area contributed by atoms with Crippen LogP contribution in [0.2, 0.25) is 0 Å². The minimum absolute atomic E-state index is 0.183. The van der Waals surface area contributed by atoms with Gasteiger partial charge in [-0.05, 0) is 30.9 Å². The van der Waals surface area contributed by atoms with E-state index < -0.39 is 0 Å². The molecule has 0 saturated carbocycles. The Morgan fingerprint density at radius 2 is 2.00 bits per heavy atom. The molecule has 0 unspecified atom stereocenters. The molecule has 0 spiro atoms. The number of carbonyl (C=O) groups excluding carboxylic acids is 1. The molecule has 1 amide bonds. The number of likely N-dealkylation sites (tertiary alicyclic amines) is 1. The van der Waals surface area contributed by atoms with Crippen molar-refractivity contribution in [2.75, 3.05) is 13.1 Å². The third kappa shape index (κ3) is 2.81. The Labute approximate surface area is 115 Å². The third-order valence-electron chi connectivity index (χ3n) is 4.32. The Morgan fingerprint density at radius 3 is 2.58 bits per heavy atom. The SMILES string of the molecule is Cc1ccc(C)c(CC(=O)N2CC(N)(C(C)C)C2)c1. The molecule has 2 rings (SSSR count). The molecule has 3 nitrogen and oxygen atoms in total. The molecule has 1 aromatic carbocycles. The number of carbonyl (C=O) groups is 1. The molecule has 1 aromatic rings. The van der Waals surface area contributed by atoms with Gasteiger partial charge in [0.15, 0.2) is 0 Å². The Kier molecular flexibility index (Phi) is 3.68. The van der Waals surface area contributed by atoms with Gasteiger partial charge in [0.25, 0.3) is 0 Å². The van der Waals surface area contributed by atoms with Crippen molar-refractivity contribution in [3.05, 3.63) is 34.9 Å². The summed E-state index contributed by atoms with van der Waals surface area (Å²) < 4.78 is 0. The lowest BCUT2D eigenvalue weighted by Crippen LogP contribution is -2.71. The zero-order chi connectivity index (χ0) is 14.2. The molecule has 2 N–H and O–H groups in total. The van der Waals surface area contributed by atoms with E-state index in [1.807, 2.05) is 4.90 Å². The standard InChI is InChI=1S/C16H24N2O/c1-11(2)16(17)9-18(10-16)15(19)8-14-7-12(3)5-6-13(14)4/h5-7,11H,8-10,17H2,1-4H3. The van der Waals surface area contributed by atoms with Crippen molar-refractivity contribution in [1.82, 2.24) is 4.90 Å². The maximum atomic E-state index is 12.2. The Bertz CT molecular complexity index is 488. The first-order chi connectivity index (χ1) is 8.82. The van der Waals surface area contributed by atoms with Gasteiger partial charge in [-0.3, -0.25) is 4.79 Å². The Hall–Kier alpha value is -1.35. The summed E-state index contributed by atoms with van der Waals surface area (Å²) in [5.74, 6) is 0.604. The number of hydrogen-bond acceptors (Lipinski definition) is 2. The number of hydrogen-bond donors (Lipinski definition) is 1. The van der Waals surface area contributed by atoms with Crippen molar-refractivity contribution in [1.29, 1.82) is 0 Å². The van der Waals surface area contributed by atoms with Crippen LogP contribution in [0.15, 0.2) is 18.2 Å². The highest BCUT2D eigenvalue weighted by atomic mass is 16.2. The van der Waals surface area contributed by atoms with Crippen molar-refractivity contribution in [2.45, 2.75) is 39.7 Å². The fraction of sp³-hybridized carbons (Fsp3) is 0.562. The van der Waals surface area contributed by atoms with Gasteiger partial charge < -0.3 is 10.6 Å². The molecule has 0 bridgehead atoms. The van der Waals surface area contributed by atoms with Crippen LogP contribution in [0, 0.1) is 19.8 Å².